The summed E-state index contributed by atoms with van der Waals surface area (Å²) in [6, 6.07) is 8.43. The molecule has 0 spiro atoms. The molecule has 118 valence electrons. The highest BCUT2D eigenvalue weighted by Gasteiger charge is 2.20. The molecule has 2 N–H and O–H groups in total. The van der Waals surface area contributed by atoms with Crippen LogP contribution >= 0.6 is 0 Å². The molecule has 0 saturated carbocycles. The molecule has 21 heavy (non-hydrogen) atoms. The number of hydrogen-bond donors (Lipinski definition) is 2. The Labute approximate surface area is 124 Å². The molecule has 0 aliphatic heterocycles. The largest absolute Gasteiger partial charge is 0.397 e. The molecule has 0 fully saturated rings. The Morgan fingerprint density at radius 2 is 1.62 bits per heavy atom. The second kappa shape index (κ2) is 8.70. The highest BCUT2D eigenvalue weighted by molar-refractivity contribution is 7.86. The smallest absolute Gasteiger partial charge is 0.285 e. The monoisotopic (exact) mass is 336 g/mol. The molecule has 9 heteroatoms. The van der Waals surface area contributed by atoms with Gasteiger partial charge in [0.15, 0.2) is 0 Å². The number of rotatable bonds is 6. The fourth-order valence-corrected chi connectivity index (χ4v) is 2.22. The molecule has 1 aromatic carbocycles. The highest BCUT2D eigenvalue weighted by Crippen LogP contribution is 2.21. The van der Waals surface area contributed by atoms with Crippen molar-refractivity contribution < 1.29 is 30.1 Å². The van der Waals surface area contributed by atoms with Gasteiger partial charge in [-0.3, -0.25) is 9.11 Å². The summed E-state index contributed by atoms with van der Waals surface area (Å²) in [5.41, 5.74) is 0.514. The van der Waals surface area contributed by atoms with Gasteiger partial charge in [-0.25, -0.2) is 4.18 Å². The third-order valence-electron chi connectivity index (χ3n) is 2.00. The lowest BCUT2D eigenvalue weighted by atomic mass is 10.1. The first-order valence-electron chi connectivity index (χ1n) is 5.48. The van der Waals surface area contributed by atoms with Crippen molar-refractivity contribution in [3.05, 3.63) is 61.2 Å². The van der Waals surface area contributed by atoms with Gasteiger partial charge in [0.25, 0.3) is 10.1 Å². The Balaban J connectivity index is 0.000000433. The molecule has 0 aliphatic rings. The van der Waals surface area contributed by atoms with Gasteiger partial charge in [-0.05, 0) is 5.56 Å². The van der Waals surface area contributed by atoms with Gasteiger partial charge in [0.2, 0.25) is 0 Å². The van der Waals surface area contributed by atoms with Crippen LogP contribution in [0, 0.1) is 0 Å². The van der Waals surface area contributed by atoms with E-state index >= 15 is 0 Å². The minimum absolute atomic E-state index is 0.196. The summed E-state index contributed by atoms with van der Waals surface area (Å²) in [6.45, 7) is 6.33. The van der Waals surface area contributed by atoms with Crippen molar-refractivity contribution in [2.45, 2.75) is 5.25 Å². The zero-order chi connectivity index (χ0) is 16.5. The fraction of sp³-hybridized carbons (Fsp3) is 0.167. The average molecular weight is 336 g/mol. The minimum Gasteiger partial charge on any atom is -0.285 e. The summed E-state index contributed by atoms with van der Waals surface area (Å²) in [7, 11) is -8.34. The third-order valence-corrected chi connectivity index (χ3v) is 3.54. The van der Waals surface area contributed by atoms with Crippen LogP contribution in [0.25, 0.3) is 0 Å². The quantitative estimate of drug-likeness (QED) is 0.600. The molecule has 1 aromatic rings. The fourth-order valence-electron chi connectivity index (χ4n) is 1.21. The van der Waals surface area contributed by atoms with Crippen LogP contribution in [-0.2, 0) is 24.7 Å². The van der Waals surface area contributed by atoms with Crippen molar-refractivity contribution >= 4 is 20.5 Å². The van der Waals surface area contributed by atoms with Gasteiger partial charge in [0.1, 0.15) is 5.25 Å². The predicted octanol–water partition coefficient (Wildman–Crippen LogP) is 1.79. The number of benzene rings is 1. The molecule has 0 aliphatic carbocycles. The third kappa shape index (κ3) is 9.10. The van der Waals surface area contributed by atoms with Crippen molar-refractivity contribution in [3.63, 3.8) is 0 Å². The molecule has 7 nitrogen and oxygen atoms in total. The van der Waals surface area contributed by atoms with Crippen LogP contribution in [0.1, 0.15) is 10.8 Å². The molecule has 0 aromatic heterocycles. The second-order valence-electron chi connectivity index (χ2n) is 3.58. The van der Waals surface area contributed by atoms with Gasteiger partial charge in [-0.2, -0.15) is 16.8 Å². The van der Waals surface area contributed by atoms with E-state index in [4.69, 9.17) is 9.11 Å². The van der Waals surface area contributed by atoms with Crippen LogP contribution in [0.15, 0.2) is 55.6 Å². The average Bonchev–Trinajstić information content (AvgIpc) is 2.37. The lowest BCUT2D eigenvalue weighted by Gasteiger charge is -2.08. The van der Waals surface area contributed by atoms with E-state index in [0.717, 1.165) is 0 Å². The van der Waals surface area contributed by atoms with E-state index in [0.29, 0.717) is 5.56 Å². The van der Waals surface area contributed by atoms with Crippen molar-refractivity contribution in [1.29, 1.82) is 0 Å². The Kier molecular flexibility index (Phi) is 8.07. The molecule has 0 bridgehead atoms. The molecule has 0 heterocycles. The minimum atomic E-state index is -4.26. The van der Waals surface area contributed by atoms with Gasteiger partial charge in [0, 0.05) is 0 Å². The molecular weight excluding hydrogens is 320 g/mol. The summed E-state index contributed by atoms with van der Waals surface area (Å²) in [5, 5.41) is -1.03. The Bertz CT molecular complexity index is 648. The summed E-state index contributed by atoms with van der Waals surface area (Å²) < 4.78 is 61.5. The molecule has 0 radical (unpaired) electrons. The second-order valence-corrected chi connectivity index (χ2v) is 6.21. The lowest BCUT2D eigenvalue weighted by molar-refractivity contribution is 0.296. The maximum atomic E-state index is 10.8. The van der Waals surface area contributed by atoms with Gasteiger partial charge in [-0.15, -0.1) is 13.2 Å². The first kappa shape index (κ1) is 19.5. The van der Waals surface area contributed by atoms with Crippen LogP contribution in [0.4, 0.5) is 0 Å². The zero-order valence-electron chi connectivity index (χ0n) is 11.0. The van der Waals surface area contributed by atoms with E-state index in [2.05, 4.69) is 17.3 Å². The summed E-state index contributed by atoms with van der Waals surface area (Å²) in [4.78, 5) is 0. The van der Waals surface area contributed by atoms with E-state index in [1.807, 2.05) is 0 Å². The van der Waals surface area contributed by atoms with Gasteiger partial charge < -0.3 is 0 Å². The van der Waals surface area contributed by atoms with Crippen molar-refractivity contribution in [1.82, 2.24) is 0 Å². The van der Waals surface area contributed by atoms with Crippen molar-refractivity contribution in [3.8, 4) is 0 Å². The first-order chi connectivity index (χ1) is 9.61. The van der Waals surface area contributed by atoms with Gasteiger partial charge >= 0.3 is 10.4 Å². The van der Waals surface area contributed by atoms with E-state index in [1.165, 1.54) is 12.2 Å². The zero-order valence-corrected chi connectivity index (χ0v) is 12.6. The Morgan fingerprint density at radius 3 is 1.90 bits per heavy atom. The van der Waals surface area contributed by atoms with Crippen LogP contribution in [-0.4, -0.2) is 32.5 Å². The van der Waals surface area contributed by atoms with Crippen LogP contribution in [0.3, 0.4) is 0 Å². The van der Waals surface area contributed by atoms with Crippen LogP contribution in [0.2, 0.25) is 0 Å². The van der Waals surface area contributed by atoms with Crippen molar-refractivity contribution in [2.75, 3.05) is 6.61 Å². The van der Waals surface area contributed by atoms with E-state index < -0.39 is 25.8 Å². The summed E-state index contributed by atoms with van der Waals surface area (Å²) >= 11 is 0. The van der Waals surface area contributed by atoms with Crippen LogP contribution in [0.5, 0.6) is 0 Å². The van der Waals surface area contributed by atoms with Gasteiger partial charge in [-0.1, -0.05) is 42.5 Å². The lowest BCUT2D eigenvalue weighted by Crippen LogP contribution is -2.09. The molecule has 1 atom stereocenters. The molecular formula is C12H16O7S2. The highest BCUT2D eigenvalue weighted by atomic mass is 32.3. The maximum Gasteiger partial charge on any atom is 0.397 e. The SMILES string of the molecule is C=CC(c1ccccc1)S(=O)(=O)O.C=CCOS(=O)(=O)O. The molecule has 1 rings (SSSR count). The standard InChI is InChI=1S/C9H10O3S.C3H6O4S/c1-2-9(13(10,11)12)8-6-4-3-5-7-8;1-2-3-7-8(4,5)6/h2-7,9H,1H2,(H,10,11,12);2H,1,3H2,(H,4,5,6). The summed E-state index contributed by atoms with van der Waals surface area (Å²) in [5.74, 6) is 0. The van der Waals surface area contributed by atoms with Gasteiger partial charge in [0.05, 0.1) is 6.61 Å². The number of hydrogen-bond acceptors (Lipinski definition) is 5. The first-order valence-corrected chi connectivity index (χ1v) is 8.35. The molecule has 0 saturated heterocycles. The maximum absolute atomic E-state index is 10.8. The predicted molar refractivity (Wildman–Crippen MR) is 78.6 cm³/mol. The van der Waals surface area contributed by atoms with Crippen molar-refractivity contribution in [2.24, 2.45) is 0 Å². The topological polar surface area (TPSA) is 118 Å². The normalized spacial score (nSPS) is 12.7. The van der Waals surface area contributed by atoms with Crippen LogP contribution < -0.4 is 0 Å². The van der Waals surface area contributed by atoms with E-state index in [-0.39, 0.29) is 6.61 Å². The van der Waals surface area contributed by atoms with E-state index in [9.17, 15) is 16.8 Å². The molecule has 0 amide bonds. The Hall–Kier alpha value is -1.52. The van der Waals surface area contributed by atoms with E-state index in [1.54, 1.807) is 30.3 Å². The summed E-state index contributed by atoms with van der Waals surface area (Å²) in [6.07, 6.45) is 2.42. The Morgan fingerprint density at radius 1 is 1.10 bits per heavy atom. The molecule has 1 unspecified atom stereocenters.